The summed E-state index contributed by atoms with van der Waals surface area (Å²) in [4.78, 5) is 0. The third-order valence-corrected chi connectivity index (χ3v) is 3.31. The van der Waals surface area contributed by atoms with E-state index in [-0.39, 0.29) is 11.9 Å². The number of rotatable bonds is 5. The fourth-order valence-electron chi connectivity index (χ4n) is 2.27. The first-order valence-electron chi connectivity index (χ1n) is 6.37. The number of hydrogen-bond acceptors (Lipinski definition) is 2. The number of nitrogens with one attached hydrogen (secondary N) is 1. The molecule has 0 radical (unpaired) electrons. The predicted molar refractivity (Wildman–Crippen MR) is 66.4 cm³/mol. The molecule has 0 amide bonds. The summed E-state index contributed by atoms with van der Waals surface area (Å²) in [6, 6.07) is 6.99. The zero-order valence-corrected chi connectivity index (χ0v) is 10.3. The fraction of sp³-hybridized carbons (Fsp3) is 0.571. The molecule has 0 spiro atoms. The number of hydrogen-bond donors (Lipinski definition) is 1. The molecule has 1 heterocycles. The average Bonchev–Trinajstić information content (AvgIpc) is 2.82. The Bertz CT molecular complexity index is 350. The van der Waals surface area contributed by atoms with Gasteiger partial charge in [0.2, 0.25) is 0 Å². The van der Waals surface area contributed by atoms with Crippen LogP contribution in [0.3, 0.4) is 0 Å². The van der Waals surface area contributed by atoms with Crippen LogP contribution in [0.2, 0.25) is 0 Å². The van der Waals surface area contributed by atoms with Crippen LogP contribution in [0, 0.1) is 5.82 Å². The van der Waals surface area contributed by atoms with Crippen molar-refractivity contribution in [1.29, 1.82) is 0 Å². The van der Waals surface area contributed by atoms with E-state index in [0.29, 0.717) is 6.10 Å². The molecule has 1 fully saturated rings. The lowest BCUT2D eigenvalue weighted by Crippen LogP contribution is -2.24. The van der Waals surface area contributed by atoms with E-state index in [1.165, 1.54) is 12.5 Å². The zero-order valence-electron chi connectivity index (χ0n) is 10.3. The molecule has 0 bridgehead atoms. The van der Waals surface area contributed by atoms with Crippen LogP contribution in [0.1, 0.15) is 37.8 Å². The Morgan fingerprint density at radius 1 is 1.47 bits per heavy atom. The molecule has 0 aliphatic carbocycles. The van der Waals surface area contributed by atoms with Crippen molar-refractivity contribution < 1.29 is 9.13 Å². The van der Waals surface area contributed by atoms with Gasteiger partial charge in [0.05, 0.1) is 6.10 Å². The molecule has 1 aromatic rings. The minimum absolute atomic E-state index is 0.0533. The monoisotopic (exact) mass is 237 g/mol. The van der Waals surface area contributed by atoms with Crippen molar-refractivity contribution in [2.75, 3.05) is 13.2 Å². The van der Waals surface area contributed by atoms with Gasteiger partial charge in [0.15, 0.2) is 0 Å². The van der Waals surface area contributed by atoms with Gasteiger partial charge in [-0.25, -0.2) is 4.39 Å². The average molecular weight is 237 g/mol. The van der Waals surface area contributed by atoms with Crippen molar-refractivity contribution in [1.82, 2.24) is 5.32 Å². The maximum Gasteiger partial charge on any atom is 0.127 e. The van der Waals surface area contributed by atoms with Gasteiger partial charge in [0.1, 0.15) is 5.82 Å². The Morgan fingerprint density at radius 3 is 3.00 bits per heavy atom. The van der Waals surface area contributed by atoms with Crippen molar-refractivity contribution in [3.05, 3.63) is 35.6 Å². The summed E-state index contributed by atoms with van der Waals surface area (Å²) in [6.45, 7) is 3.77. The summed E-state index contributed by atoms with van der Waals surface area (Å²) in [5, 5.41) is 3.35. The molecule has 2 rings (SSSR count). The number of ether oxygens (including phenoxy) is 1. The van der Waals surface area contributed by atoms with Gasteiger partial charge in [-0.05, 0) is 38.8 Å². The normalized spacial score (nSPS) is 21.6. The highest BCUT2D eigenvalue weighted by atomic mass is 19.1. The van der Waals surface area contributed by atoms with Gasteiger partial charge in [0.25, 0.3) is 0 Å². The minimum atomic E-state index is -0.135. The third-order valence-electron chi connectivity index (χ3n) is 3.31. The van der Waals surface area contributed by atoms with E-state index in [1.807, 2.05) is 19.1 Å². The maximum absolute atomic E-state index is 13.5. The molecular weight excluding hydrogens is 217 g/mol. The van der Waals surface area contributed by atoms with Crippen LogP contribution in [-0.4, -0.2) is 19.3 Å². The molecule has 1 aliphatic rings. The standard InChI is InChI=1S/C14H20FNO/c1-11(13-6-2-3-7-14(13)15)16-9-8-12-5-4-10-17-12/h2-3,6-7,11-12,16H,4-5,8-10H2,1H3. The van der Waals surface area contributed by atoms with Crippen molar-refractivity contribution in [2.24, 2.45) is 0 Å². The Kier molecular flexibility index (Phi) is 4.51. The first kappa shape index (κ1) is 12.5. The molecule has 0 aromatic heterocycles. The Balaban J connectivity index is 1.77. The van der Waals surface area contributed by atoms with Gasteiger partial charge >= 0.3 is 0 Å². The van der Waals surface area contributed by atoms with E-state index in [9.17, 15) is 4.39 Å². The predicted octanol–water partition coefficient (Wildman–Crippen LogP) is 3.05. The highest BCUT2D eigenvalue weighted by Gasteiger charge is 2.15. The van der Waals surface area contributed by atoms with Gasteiger partial charge in [0, 0.05) is 18.2 Å². The maximum atomic E-state index is 13.5. The second-order valence-electron chi connectivity index (χ2n) is 4.62. The van der Waals surface area contributed by atoms with Crippen LogP contribution in [0.25, 0.3) is 0 Å². The van der Waals surface area contributed by atoms with Gasteiger partial charge in [-0.2, -0.15) is 0 Å². The van der Waals surface area contributed by atoms with E-state index in [1.54, 1.807) is 6.07 Å². The fourth-order valence-corrected chi connectivity index (χ4v) is 2.27. The van der Waals surface area contributed by atoms with Gasteiger partial charge in [-0.1, -0.05) is 18.2 Å². The third kappa shape index (κ3) is 3.51. The highest BCUT2D eigenvalue weighted by molar-refractivity contribution is 5.20. The lowest BCUT2D eigenvalue weighted by molar-refractivity contribution is 0.103. The van der Waals surface area contributed by atoms with E-state index >= 15 is 0 Å². The Hall–Kier alpha value is -0.930. The largest absolute Gasteiger partial charge is 0.378 e. The highest BCUT2D eigenvalue weighted by Crippen LogP contribution is 2.18. The van der Waals surface area contributed by atoms with Crippen molar-refractivity contribution >= 4 is 0 Å². The number of benzene rings is 1. The van der Waals surface area contributed by atoms with E-state index in [2.05, 4.69) is 5.32 Å². The Morgan fingerprint density at radius 2 is 2.29 bits per heavy atom. The molecule has 1 N–H and O–H groups in total. The second-order valence-corrected chi connectivity index (χ2v) is 4.62. The van der Waals surface area contributed by atoms with Crippen molar-refractivity contribution in [3.8, 4) is 0 Å². The topological polar surface area (TPSA) is 21.3 Å². The molecule has 2 unspecified atom stereocenters. The number of halogens is 1. The molecular formula is C14H20FNO. The zero-order chi connectivity index (χ0) is 12.1. The lowest BCUT2D eigenvalue weighted by Gasteiger charge is -2.16. The smallest absolute Gasteiger partial charge is 0.127 e. The minimum Gasteiger partial charge on any atom is -0.378 e. The quantitative estimate of drug-likeness (QED) is 0.850. The van der Waals surface area contributed by atoms with Crippen LogP contribution < -0.4 is 5.32 Å². The molecule has 1 saturated heterocycles. The van der Waals surface area contributed by atoms with Crippen molar-refractivity contribution in [3.63, 3.8) is 0 Å². The summed E-state index contributed by atoms with van der Waals surface area (Å²) in [6.07, 6.45) is 3.75. The van der Waals surface area contributed by atoms with Crippen molar-refractivity contribution in [2.45, 2.75) is 38.3 Å². The SMILES string of the molecule is CC(NCCC1CCCO1)c1ccccc1F. The molecule has 1 aliphatic heterocycles. The summed E-state index contributed by atoms with van der Waals surface area (Å²) in [5.74, 6) is -0.135. The van der Waals surface area contributed by atoms with Gasteiger partial charge < -0.3 is 10.1 Å². The van der Waals surface area contributed by atoms with E-state index in [4.69, 9.17) is 4.74 Å². The summed E-state index contributed by atoms with van der Waals surface area (Å²) >= 11 is 0. The lowest BCUT2D eigenvalue weighted by atomic mass is 10.1. The summed E-state index contributed by atoms with van der Waals surface area (Å²) in [7, 11) is 0. The van der Waals surface area contributed by atoms with Crippen LogP contribution >= 0.6 is 0 Å². The molecule has 94 valence electrons. The van der Waals surface area contributed by atoms with Gasteiger partial charge in [-0.15, -0.1) is 0 Å². The van der Waals surface area contributed by atoms with Crippen LogP contribution in [0.5, 0.6) is 0 Å². The summed E-state index contributed by atoms with van der Waals surface area (Å²) in [5.41, 5.74) is 0.736. The van der Waals surface area contributed by atoms with Gasteiger partial charge in [-0.3, -0.25) is 0 Å². The van der Waals surface area contributed by atoms with Crippen LogP contribution in [0.15, 0.2) is 24.3 Å². The molecule has 0 saturated carbocycles. The molecule has 2 nitrogen and oxygen atoms in total. The molecule has 2 atom stereocenters. The molecule has 17 heavy (non-hydrogen) atoms. The van der Waals surface area contributed by atoms with E-state index < -0.39 is 0 Å². The van der Waals surface area contributed by atoms with Crippen LogP contribution in [0.4, 0.5) is 4.39 Å². The first-order chi connectivity index (χ1) is 8.27. The second kappa shape index (κ2) is 6.12. The Labute approximate surface area is 102 Å². The van der Waals surface area contributed by atoms with E-state index in [0.717, 1.165) is 31.6 Å². The summed E-state index contributed by atoms with van der Waals surface area (Å²) < 4.78 is 19.1. The molecule has 1 aromatic carbocycles. The molecule has 3 heteroatoms. The first-order valence-corrected chi connectivity index (χ1v) is 6.37. The van der Waals surface area contributed by atoms with Crippen LogP contribution in [-0.2, 0) is 4.74 Å².